The first-order chi connectivity index (χ1) is 10.1. The standard InChI is InChI=1S/C17H19N3S/c1-4-19-11-14-5-6-16(15(9-14)10-18)21-17-8-12(2)7-13(3)20-17/h5-9,19H,4,11H2,1-3H3. The van der Waals surface area contributed by atoms with E-state index in [1.54, 1.807) is 11.8 Å². The molecule has 4 heteroatoms. The van der Waals surface area contributed by atoms with Gasteiger partial charge in [-0.3, -0.25) is 0 Å². The van der Waals surface area contributed by atoms with Gasteiger partial charge in [0.2, 0.25) is 0 Å². The van der Waals surface area contributed by atoms with Crippen molar-refractivity contribution in [1.29, 1.82) is 5.26 Å². The lowest BCUT2D eigenvalue weighted by atomic mass is 10.1. The molecule has 21 heavy (non-hydrogen) atoms. The van der Waals surface area contributed by atoms with Gasteiger partial charge in [-0.15, -0.1) is 0 Å². The molecule has 1 heterocycles. The summed E-state index contributed by atoms with van der Waals surface area (Å²) in [6.45, 7) is 7.83. The van der Waals surface area contributed by atoms with Gasteiger partial charge in [-0.25, -0.2) is 4.98 Å². The van der Waals surface area contributed by atoms with E-state index in [1.807, 2.05) is 25.1 Å². The highest BCUT2D eigenvalue weighted by Crippen LogP contribution is 2.30. The quantitative estimate of drug-likeness (QED) is 0.911. The number of hydrogen-bond acceptors (Lipinski definition) is 4. The molecule has 0 spiro atoms. The number of aromatic nitrogens is 1. The van der Waals surface area contributed by atoms with Gasteiger partial charge in [0.05, 0.1) is 5.56 Å². The molecule has 0 bridgehead atoms. The van der Waals surface area contributed by atoms with Crippen LogP contribution in [0.1, 0.15) is 29.3 Å². The molecular weight excluding hydrogens is 278 g/mol. The van der Waals surface area contributed by atoms with E-state index in [1.165, 1.54) is 5.56 Å². The lowest BCUT2D eigenvalue weighted by molar-refractivity contribution is 0.726. The zero-order valence-corrected chi connectivity index (χ0v) is 13.4. The molecule has 0 aliphatic heterocycles. The zero-order chi connectivity index (χ0) is 15.2. The molecule has 0 aliphatic rings. The van der Waals surface area contributed by atoms with Crippen molar-refractivity contribution in [2.45, 2.75) is 37.2 Å². The van der Waals surface area contributed by atoms with E-state index >= 15 is 0 Å². The van der Waals surface area contributed by atoms with Crippen LogP contribution in [0.4, 0.5) is 0 Å². The minimum atomic E-state index is 0.705. The van der Waals surface area contributed by atoms with Gasteiger partial charge in [0.25, 0.3) is 0 Å². The maximum absolute atomic E-state index is 9.35. The van der Waals surface area contributed by atoms with Crippen LogP contribution in [-0.2, 0) is 6.54 Å². The van der Waals surface area contributed by atoms with Gasteiger partial charge in [0.15, 0.2) is 0 Å². The molecule has 1 N–H and O–H groups in total. The maximum atomic E-state index is 9.35. The normalized spacial score (nSPS) is 10.4. The lowest BCUT2D eigenvalue weighted by Gasteiger charge is -2.08. The largest absolute Gasteiger partial charge is 0.313 e. The van der Waals surface area contributed by atoms with Crippen LogP contribution in [0, 0.1) is 25.2 Å². The van der Waals surface area contributed by atoms with E-state index < -0.39 is 0 Å². The van der Waals surface area contributed by atoms with Crippen LogP contribution in [0.5, 0.6) is 0 Å². The molecule has 108 valence electrons. The maximum Gasteiger partial charge on any atom is 0.101 e. The van der Waals surface area contributed by atoms with Crippen molar-refractivity contribution >= 4 is 11.8 Å². The number of nitrogens with zero attached hydrogens (tertiary/aromatic N) is 2. The van der Waals surface area contributed by atoms with E-state index in [2.05, 4.69) is 42.4 Å². The SMILES string of the molecule is CCNCc1ccc(Sc2cc(C)cc(C)n2)c(C#N)c1. The molecular formula is C17H19N3S. The van der Waals surface area contributed by atoms with Gasteiger partial charge < -0.3 is 5.32 Å². The summed E-state index contributed by atoms with van der Waals surface area (Å²) in [5, 5.41) is 13.6. The first-order valence-electron chi connectivity index (χ1n) is 6.99. The third-order valence-electron chi connectivity index (χ3n) is 3.03. The molecule has 0 saturated heterocycles. The van der Waals surface area contributed by atoms with E-state index in [9.17, 15) is 5.26 Å². The van der Waals surface area contributed by atoms with Crippen molar-refractivity contribution in [3.63, 3.8) is 0 Å². The van der Waals surface area contributed by atoms with Crippen molar-refractivity contribution in [3.05, 3.63) is 52.7 Å². The van der Waals surface area contributed by atoms with Crippen LogP contribution in [0.3, 0.4) is 0 Å². The van der Waals surface area contributed by atoms with Gasteiger partial charge in [0, 0.05) is 17.1 Å². The monoisotopic (exact) mass is 297 g/mol. The van der Waals surface area contributed by atoms with Crippen LogP contribution in [0.25, 0.3) is 0 Å². The second-order valence-electron chi connectivity index (χ2n) is 4.95. The molecule has 1 aromatic carbocycles. The highest BCUT2D eigenvalue weighted by molar-refractivity contribution is 7.99. The minimum Gasteiger partial charge on any atom is -0.313 e. The Morgan fingerprint density at radius 3 is 2.71 bits per heavy atom. The third kappa shape index (κ3) is 4.32. The molecule has 0 atom stereocenters. The van der Waals surface area contributed by atoms with Gasteiger partial charge in [-0.1, -0.05) is 24.8 Å². The summed E-state index contributed by atoms with van der Waals surface area (Å²) in [6.07, 6.45) is 0. The van der Waals surface area contributed by atoms with Crippen molar-refractivity contribution < 1.29 is 0 Å². The number of benzene rings is 1. The molecule has 0 saturated carbocycles. The fourth-order valence-electron chi connectivity index (χ4n) is 2.10. The second kappa shape index (κ2) is 7.26. The fraction of sp³-hybridized carbons (Fsp3) is 0.294. The topological polar surface area (TPSA) is 48.7 Å². The summed E-state index contributed by atoms with van der Waals surface area (Å²) < 4.78 is 0. The number of rotatable bonds is 5. The Balaban J connectivity index is 2.25. The van der Waals surface area contributed by atoms with Gasteiger partial charge in [0.1, 0.15) is 11.1 Å². The van der Waals surface area contributed by atoms with Crippen LogP contribution in [0.2, 0.25) is 0 Å². The van der Waals surface area contributed by atoms with Gasteiger partial charge >= 0.3 is 0 Å². The average molecular weight is 297 g/mol. The highest BCUT2D eigenvalue weighted by atomic mass is 32.2. The third-order valence-corrected chi connectivity index (χ3v) is 4.03. The molecule has 0 unspecified atom stereocenters. The van der Waals surface area contributed by atoms with E-state index in [4.69, 9.17) is 0 Å². The van der Waals surface area contributed by atoms with Crippen LogP contribution < -0.4 is 5.32 Å². The summed E-state index contributed by atoms with van der Waals surface area (Å²) in [5.41, 5.74) is 4.02. The Hall–Kier alpha value is -1.83. The first-order valence-corrected chi connectivity index (χ1v) is 7.81. The van der Waals surface area contributed by atoms with Crippen LogP contribution in [-0.4, -0.2) is 11.5 Å². The fourth-order valence-corrected chi connectivity index (χ4v) is 3.11. The van der Waals surface area contributed by atoms with Crippen molar-refractivity contribution in [2.75, 3.05) is 6.54 Å². The number of pyridine rings is 1. The summed E-state index contributed by atoms with van der Waals surface area (Å²) >= 11 is 1.55. The number of aryl methyl sites for hydroxylation is 2. The molecule has 0 amide bonds. The Bertz CT molecular complexity index is 654. The number of hydrogen-bond donors (Lipinski definition) is 1. The number of nitriles is 1. The molecule has 2 aromatic rings. The Labute approximate surface area is 130 Å². The van der Waals surface area contributed by atoms with E-state index in [-0.39, 0.29) is 0 Å². The smallest absolute Gasteiger partial charge is 0.101 e. The highest BCUT2D eigenvalue weighted by Gasteiger charge is 2.07. The summed E-state index contributed by atoms with van der Waals surface area (Å²) in [4.78, 5) is 5.47. The molecule has 3 nitrogen and oxygen atoms in total. The molecule has 1 aromatic heterocycles. The first kappa shape index (κ1) is 15.6. The summed E-state index contributed by atoms with van der Waals surface area (Å²) in [7, 11) is 0. The molecule has 2 rings (SSSR count). The van der Waals surface area contributed by atoms with Crippen molar-refractivity contribution in [1.82, 2.24) is 10.3 Å². The van der Waals surface area contributed by atoms with Gasteiger partial charge in [-0.05, 0) is 55.8 Å². The molecule has 0 fully saturated rings. The van der Waals surface area contributed by atoms with Crippen molar-refractivity contribution in [2.24, 2.45) is 0 Å². The van der Waals surface area contributed by atoms with Crippen LogP contribution >= 0.6 is 11.8 Å². The Morgan fingerprint density at radius 1 is 1.24 bits per heavy atom. The molecule has 0 aliphatic carbocycles. The van der Waals surface area contributed by atoms with Gasteiger partial charge in [-0.2, -0.15) is 5.26 Å². The van der Waals surface area contributed by atoms with E-state index in [0.29, 0.717) is 5.56 Å². The summed E-state index contributed by atoms with van der Waals surface area (Å²) in [6, 6.07) is 12.4. The van der Waals surface area contributed by atoms with Crippen molar-refractivity contribution in [3.8, 4) is 6.07 Å². The number of nitrogens with one attached hydrogen (secondary N) is 1. The predicted octanol–water partition coefficient (Wildman–Crippen LogP) is 3.83. The Morgan fingerprint density at radius 2 is 2.05 bits per heavy atom. The second-order valence-corrected chi connectivity index (χ2v) is 6.01. The average Bonchev–Trinajstić information content (AvgIpc) is 2.45. The minimum absolute atomic E-state index is 0.705. The van der Waals surface area contributed by atoms with E-state index in [0.717, 1.165) is 34.3 Å². The zero-order valence-electron chi connectivity index (χ0n) is 12.6. The Kier molecular flexibility index (Phi) is 5.38. The lowest BCUT2D eigenvalue weighted by Crippen LogP contribution is -2.11. The van der Waals surface area contributed by atoms with Crippen LogP contribution in [0.15, 0.2) is 40.3 Å². The summed E-state index contributed by atoms with van der Waals surface area (Å²) in [5.74, 6) is 0. The predicted molar refractivity (Wildman–Crippen MR) is 86.4 cm³/mol. The molecule has 0 radical (unpaired) electrons.